The Labute approximate surface area is 393 Å². The number of anilines is 3. The second-order valence-corrected chi connectivity index (χ2v) is 17.8. The van der Waals surface area contributed by atoms with Crippen molar-refractivity contribution < 1.29 is 8.83 Å². The topological polar surface area (TPSA) is 29.5 Å². The molecule has 0 saturated heterocycles. The monoisotopic (exact) mass is 867 g/mol. The molecule has 0 saturated carbocycles. The number of furan rings is 2. The van der Waals surface area contributed by atoms with Crippen molar-refractivity contribution in [1.29, 1.82) is 0 Å². The van der Waals surface area contributed by atoms with Gasteiger partial charge in [-0.05, 0) is 98.4 Å². The first-order valence-electron chi connectivity index (χ1n) is 23.3. The molecule has 2 heterocycles. The van der Waals surface area contributed by atoms with E-state index in [4.69, 9.17) is 8.83 Å². The zero-order chi connectivity index (χ0) is 44.8. The van der Waals surface area contributed by atoms with E-state index in [1.807, 2.05) is 12.1 Å². The third-order valence-electron chi connectivity index (χ3n) is 14.4. The lowest BCUT2D eigenvalue weighted by Crippen LogP contribution is -2.28. The van der Waals surface area contributed by atoms with Crippen molar-refractivity contribution in [3.8, 4) is 33.4 Å². The van der Waals surface area contributed by atoms with Crippen LogP contribution in [0.25, 0.3) is 88.0 Å². The highest BCUT2D eigenvalue weighted by Gasteiger charge is 2.47. The van der Waals surface area contributed by atoms with E-state index in [0.29, 0.717) is 0 Å². The average molecular weight is 868 g/mol. The Morgan fingerprint density at radius 2 is 0.882 bits per heavy atom. The zero-order valence-electron chi connectivity index (χ0n) is 36.9. The minimum Gasteiger partial charge on any atom is -0.456 e. The summed E-state index contributed by atoms with van der Waals surface area (Å²) in [7, 11) is 0. The molecule has 13 aromatic rings. The molecular formula is C65H41NO2. The molecule has 0 radical (unpaired) electrons. The lowest BCUT2D eigenvalue weighted by Gasteiger charge is -2.34. The Bertz CT molecular complexity index is 4050. The molecule has 0 fully saturated rings. The molecule has 0 amide bonds. The Morgan fingerprint density at radius 3 is 1.68 bits per heavy atom. The van der Waals surface area contributed by atoms with Crippen LogP contribution in [0.3, 0.4) is 0 Å². The van der Waals surface area contributed by atoms with Crippen LogP contribution in [0.5, 0.6) is 0 Å². The van der Waals surface area contributed by atoms with Gasteiger partial charge in [-0.2, -0.15) is 0 Å². The number of benzene rings is 11. The average Bonchev–Trinajstić information content (AvgIpc) is 4.09. The quantitative estimate of drug-likeness (QED) is 0.160. The van der Waals surface area contributed by atoms with Crippen molar-refractivity contribution >= 4 is 71.7 Å². The molecule has 318 valence electrons. The molecule has 0 spiro atoms. The van der Waals surface area contributed by atoms with Gasteiger partial charge in [-0.1, -0.05) is 200 Å². The van der Waals surface area contributed by atoms with Gasteiger partial charge in [-0.25, -0.2) is 0 Å². The fourth-order valence-corrected chi connectivity index (χ4v) is 11.5. The summed E-state index contributed by atoms with van der Waals surface area (Å²) in [6, 6.07) is 90.1. The van der Waals surface area contributed by atoms with Crippen LogP contribution in [0.1, 0.15) is 22.3 Å². The fraction of sp³-hybridized carbons (Fsp3) is 0.0154. The van der Waals surface area contributed by atoms with E-state index in [1.54, 1.807) is 0 Å². The van der Waals surface area contributed by atoms with Crippen LogP contribution in [0.15, 0.2) is 258 Å². The number of nitrogens with zero attached hydrogens (tertiary/aromatic N) is 1. The molecule has 3 heteroatoms. The predicted octanol–water partition coefficient (Wildman–Crippen LogP) is 17.8. The van der Waals surface area contributed by atoms with E-state index in [0.717, 1.165) is 94.0 Å². The minimum absolute atomic E-state index is 0.560. The molecule has 68 heavy (non-hydrogen) atoms. The fourth-order valence-electron chi connectivity index (χ4n) is 11.5. The number of hydrogen-bond acceptors (Lipinski definition) is 3. The van der Waals surface area contributed by atoms with E-state index in [1.165, 1.54) is 33.4 Å². The second kappa shape index (κ2) is 15.1. The first-order chi connectivity index (χ1) is 33.8. The molecule has 0 bridgehead atoms. The summed E-state index contributed by atoms with van der Waals surface area (Å²) in [6.45, 7) is 0. The molecule has 14 rings (SSSR count). The van der Waals surface area contributed by atoms with Crippen LogP contribution >= 0.6 is 0 Å². The highest BCUT2D eigenvalue weighted by atomic mass is 16.3. The maximum absolute atomic E-state index is 6.79. The van der Waals surface area contributed by atoms with Gasteiger partial charge in [0.15, 0.2) is 0 Å². The van der Waals surface area contributed by atoms with Crippen LogP contribution in [0, 0.1) is 0 Å². The lowest BCUT2D eigenvalue weighted by molar-refractivity contribution is 0.669. The van der Waals surface area contributed by atoms with Crippen LogP contribution < -0.4 is 4.90 Å². The van der Waals surface area contributed by atoms with E-state index in [-0.39, 0.29) is 0 Å². The molecule has 0 aliphatic heterocycles. The van der Waals surface area contributed by atoms with Gasteiger partial charge in [-0.3, -0.25) is 0 Å². The molecular weight excluding hydrogens is 827 g/mol. The molecule has 0 unspecified atom stereocenters. The summed E-state index contributed by atoms with van der Waals surface area (Å²) in [4.78, 5) is 2.49. The highest BCUT2D eigenvalue weighted by molar-refractivity contribution is 6.20. The lowest BCUT2D eigenvalue weighted by atomic mass is 9.68. The van der Waals surface area contributed by atoms with Gasteiger partial charge in [0.25, 0.3) is 0 Å². The number of fused-ring (bicyclic) bond motifs is 11. The van der Waals surface area contributed by atoms with Crippen molar-refractivity contribution in [2.24, 2.45) is 0 Å². The molecule has 0 N–H and O–H groups in total. The standard InChI is InChI=1S/C65H41NO2/c1-3-19-44(20-4-1)65(45-21-5-2-6-22-45)54-29-12-9-25-51(54)63-55(65)30-17-32-57(63)66(46-39-36-43(37-40-46)47-27-15-34-59-61(47)52-26-11-14-33-58(52)67-59)56-31-13-10-24-49(56)50-28-16-35-60-62(50)53-41-38-42-18-7-8-23-48(42)64(53)68-60/h1-41H. The van der Waals surface area contributed by atoms with Crippen LogP contribution in [-0.2, 0) is 5.41 Å². The molecule has 2 aromatic heterocycles. The summed E-state index contributed by atoms with van der Waals surface area (Å²) in [5.41, 5.74) is 18.1. The molecule has 1 aliphatic carbocycles. The maximum atomic E-state index is 6.79. The first-order valence-corrected chi connectivity index (χ1v) is 23.3. The molecule has 3 nitrogen and oxygen atoms in total. The second-order valence-electron chi connectivity index (χ2n) is 17.8. The van der Waals surface area contributed by atoms with Gasteiger partial charge in [0.1, 0.15) is 22.3 Å². The normalized spacial score (nSPS) is 12.8. The van der Waals surface area contributed by atoms with Gasteiger partial charge >= 0.3 is 0 Å². The van der Waals surface area contributed by atoms with Crippen LogP contribution in [0.2, 0.25) is 0 Å². The van der Waals surface area contributed by atoms with E-state index >= 15 is 0 Å². The number of hydrogen-bond donors (Lipinski definition) is 0. The smallest absolute Gasteiger partial charge is 0.143 e. The third kappa shape index (κ3) is 5.54. The Kier molecular flexibility index (Phi) is 8.50. The van der Waals surface area contributed by atoms with E-state index in [2.05, 4.69) is 241 Å². The summed E-state index contributed by atoms with van der Waals surface area (Å²) < 4.78 is 13.1. The Morgan fingerprint density at radius 1 is 0.324 bits per heavy atom. The summed E-state index contributed by atoms with van der Waals surface area (Å²) in [6.07, 6.45) is 0. The van der Waals surface area contributed by atoms with Crippen molar-refractivity contribution in [1.82, 2.24) is 0 Å². The van der Waals surface area contributed by atoms with Gasteiger partial charge in [-0.15, -0.1) is 0 Å². The van der Waals surface area contributed by atoms with Gasteiger partial charge in [0.2, 0.25) is 0 Å². The molecule has 11 aromatic carbocycles. The minimum atomic E-state index is -0.560. The maximum Gasteiger partial charge on any atom is 0.143 e. The Balaban J connectivity index is 1.04. The van der Waals surface area contributed by atoms with E-state index < -0.39 is 5.41 Å². The van der Waals surface area contributed by atoms with Crippen LogP contribution in [0.4, 0.5) is 17.1 Å². The largest absolute Gasteiger partial charge is 0.456 e. The zero-order valence-corrected chi connectivity index (χ0v) is 36.9. The van der Waals surface area contributed by atoms with Gasteiger partial charge < -0.3 is 13.7 Å². The van der Waals surface area contributed by atoms with Crippen LogP contribution in [-0.4, -0.2) is 0 Å². The van der Waals surface area contributed by atoms with Gasteiger partial charge in [0, 0.05) is 43.7 Å². The van der Waals surface area contributed by atoms with Gasteiger partial charge in [0.05, 0.1) is 16.8 Å². The third-order valence-corrected chi connectivity index (χ3v) is 14.4. The summed E-state index contributed by atoms with van der Waals surface area (Å²) in [5, 5.41) is 6.72. The summed E-state index contributed by atoms with van der Waals surface area (Å²) >= 11 is 0. The Hall–Kier alpha value is -8.92. The van der Waals surface area contributed by atoms with E-state index in [9.17, 15) is 0 Å². The first kappa shape index (κ1) is 38.4. The number of rotatable bonds is 7. The number of para-hydroxylation sites is 2. The predicted molar refractivity (Wildman–Crippen MR) is 281 cm³/mol. The SMILES string of the molecule is c1ccc(C2(c3ccccc3)c3ccccc3-c3c(N(c4ccc(-c5cccc6oc7ccccc7c56)cc4)c4ccccc4-c4cccc5oc6c7ccccc7ccc6c45)cccc32)cc1. The van der Waals surface area contributed by atoms with Crippen molar-refractivity contribution in [2.45, 2.75) is 5.41 Å². The van der Waals surface area contributed by atoms with Crippen molar-refractivity contribution in [3.63, 3.8) is 0 Å². The highest BCUT2D eigenvalue weighted by Crippen LogP contribution is 2.60. The molecule has 0 atom stereocenters. The van der Waals surface area contributed by atoms with Crippen molar-refractivity contribution in [2.75, 3.05) is 4.90 Å². The summed E-state index contributed by atoms with van der Waals surface area (Å²) in [5.74, 6) is 0. The molecule has 1 aliphatic rings. The van der Waals surface area contributed by atoms with Crippen molar-refractivity contribution in [3.05, 3.63) is 271 Å².